The maximum Gasteiger partial charge on any atom is 0.336 e. The molecule has 1 atom stereocenters. The average Bonchev–Trinajstić information content (AvgIpc) is 2.92. The molecule has 0 spiro atoms. The Kier molecular flexibility index (Phi) is 4.31. The van der Waals surface area contributed by atoms with Crippen LogP contribution in [0, 0.1) is 0 Å². The zero-order valence-electron chi connectivity index (χ0n) is 10.5. The molecule has 2 rings (SSSR count). The minimum atomic E-state index is -1.42. The van der Waals surface area contributed by atoms with Gasteiger partial charge >= 0.3 is 5.97 Å². The smallest absolute Gasteiger partial charge is 0.336 e. The van der Waals surface area contributed by atoms with Gasteiger partial charge in [0, 0.05) is 5.56 Å². The van der Waals surface area contributed by atoms with E-state index in [2.05, 4.69) is 10.1 Å². The maximum absolute atomic E-state index is 11.9. The van der Waals surface area contributed by atoms with Crippen molar-refractivity contribution in [2.45, 2.75) is 6.10 Å². The number of methoxy groups -OCH3 is 1. The van der Waals surface area contributed by atoms with E-state index in [1.165, 1.54) is 12.1 Å². The molecule has 1 aromatic carbocycles. The molecule has 0 aliphatic carbocycles. The fourth-order valence-corrected chi connectivity index (χ4v) is 1.87. The Labute approximate surface area is 119 Å². The molecule has 0 bridgehead atoms. The van der Waals surface area contributed by atoms with Crippen LogP contribution in [0.2, 0.25) is 5.02 Å². The Morgan fingerprint density at radius 3 is 2.95 bits per heavy atom. The summed E-state index contributed by atoms with van der Waals surface area (Å²) >= 11 is 5.95. The van der Waals surface area contributed by atoms with Crippen LogP contribution < -0.4 is 14.8 Å². The highest BCUT2D eigenvalue weighted by molar-refractivity contribution is 6.32. The molecular formula is C12H12ClNO6. The molecule has 1 amide bonds. The third-order valence-corrected chi connectivity index (χ3v) is 2.90. The van der Waals surface area contributed by atoms with E-state index in [4.69, 9.17) is 21.1 Å². The lowest BCUT2D eigenvalue weighted by Gasteiger charge is -2.10. The SMILES string of the molecule is COC(=O)C(O)CNC(=O)c1cc(Cl)c2c(c1)OCO2. The maximum atomic E-state index is 11.9. The average molecular weight is 302 g/mol. The van der Waals surface area contributed by atoms with Crippen molar-refractivity contribution < 1.29 is 28.9 Å². The molecule has 1 aliphatic heterocycles. The third kappa shape index (κ3) is 2.94. The van der Waals surface area contributed by atoms with Crippen LogP contribution in [0.15, 0.2) is 12.1 Å². The van der Waals surface area contributed by atoms with Crippen molar-refractivity contribution in [1.29, 1.82) is 0 Å². The van der Waals surface area contributed by atoms with E-state index in [9.17, 15) is 14.7 Å². The minimum Gasteiger partial charge on any atom is -0.467 e. The van der Waals surface area contributed by atoms with E-state index in [0.717, 1.165) is 7.11 Å². The lowest BCUT2D eigenvalue weighted by atomic mass is 10.2. The first-order valence-corrected chi connectivity index (χ1v) is 6.04. The second kappa shape index (κ2) is 5.98. The third-order valence-electron chi connectivity index (χ3n) is 2.62. The Bertz CT molecular complexity index is 547. The highest BCUT2D eigenvalue weighted by Gasteiger charge is 2.22. The summed E-state index contributed by atoms with van der Waals surface area (Å²) in [6, 6.07) is 2.88. The summed E-state index contributed by atoms with van der Waals surface area (Å²) in [5.74, 6) is -0.573. The Morgan fingerprint density at radius 1 is 1.50 bits per heavy atom. The predicted octanol–water partition coefficient (Wildman–Crippen LogP) is 0.332. The highest BCUT2D eigenvalue weighted by atomic mass is 35.5. The number of carbonyl (C=O) groups excluding carboxylic acids is 2. The minimum absolute atomic E-state index is 0.0428. The van der Waals surface area contributed by atoms with Crippen molar-refractivity contribution in [3.05, 3.63) is 22.7 Å². The number of ether oxygens (including phenoxy) is 3. The fourth-order valence-electron chi connectivity index (χ4n) is 1.61. The molecule has 108 valence electrons. The number of rotatable bonds is 4. The zero-order chi connectivity index (χ0) is 14.7. The van der Waals surface area contributed by atoms with Crippen molar-refractivity contribution in [3.63, 3.8) is 0 Å². The molecule has 1 aromatic rings. The largest absolute Gasteiger partial charge is 0.467 e. The van der Waals surface area contributed by atoms with Crippen molar-refractivity contribution in [3.8, 4) is 11.5 Å². The molecular weight excluding hydrogens is 290 g/mol. The summed E-state index contributed by atoms with van der Waals surface area (Å²) in [4.78, 5) is 22.9. The van der Waals surface area contributed by atoms with Crippen LogP contribution in [-0.4, -0.2) is 43.5 Å². The highest BCUT2D eigenvalue weighted by Crippen LogP contribution is 2.39. The van der Waals surface area contributed by atoms with Crippen LogP contribution in [0.3, 0.4) is 0 Å². The molecule has 7 nitrogen and oxygen atoms in total. The van der Waals surface area contributed by atoms with Gasteiger partial charge in [-0.3, -0.25) is 4.79 Å². The molecule has 1 unspecified atom stereocenters. The number of hydrogen-bond acceptors (Lipinski definition) is 6. The monoisotopic (exact) mass is 301 g/mol. The van der Waals surface area contributed by atoms with Gasteiger partial charge in [-0.15, -0.1) is 0 Å². The van der Waals surface area contributed by atoms with Crippen molar-refractivity contribution in [2.75, 3.05) is 20.4 Å². The molecule has 1 heterocycles. The van der Waals surface area contributed by atoms with Crippen LogP contribution >= 0.6 is 11.6 Å². The number of amides is 1. The summed E-state index contributed by atoms with van der Waals surface area (Å²) in [7, 11) is 1.14. The van der Waals surface area contributed by atoms with Gasteiger partial charge in [0.2, 0.25) is 6.79 Å². The fraction of sp³-hybridized carbons (Fsp3) is 0.333. The van der Waals surface area contributed by atoms with Gasteiger partial charge < -0.3 is 24.6 Å². The number of hydrogen-bond donors (Lipinski definition) is 2. The molecule has 1 aliphatic rings. The van der Waals surface area contributed by atoms with Crippen LogP contribution in [0.1, 0.15) is 10.4 Å². The molecule has 0 aromatic heterocycles. The molecule has 20 heavy (non-hydrogen) atoms. The van der Waals surface area contributed by atoms with Crippen LogP contribution in [-0.2, 0) is 9.53 Å². The topological polar surface area (TPSA) is 94.1 Å². The lowest BCUT2D eigenvalue weighted by molar-refractivity contribution is -0.149. The van der Waals surface area contributed by atoms with E-state index < -0.39 is 18.0 Å². The summed E-state index contributed by atoms with van der Waals surface area (Å²) in [5, 5.41) is 12.0. The van der Waals surface area contributed by atoms with E-state index in [-0.39, 0.29) is 23.9 Å². The van der Waals surface area contributed by atoms with Gasteiger partial charge in [-0.05, 0) is 12.1 Å². The lowest BCUT2D eigenvalue weighted by Crippen LogP contribution is -2.37. The Balaban J connectivity index is 2.03. The number of carbonyl (C=O) groups is 2. The summed E-state index contributed by atoms with van der Waals surface area (Å²) < 4.78 is 14.6. The van der Waals surface area contributed by atoms with E-state index >= 15 is 0 Å². The number of nitrogens with one attached hydrogen (secondary N) is 1. The Hall–Kier alpha value is -1.99. The zero-order valence-corrected chi connectivity index (χ0v) is 11.3. The first-order chi connectivity index (χ1) is 9.52. The van der Waals surface area contributed by atoms with Crippen molar-refractivity contribution in [1.82, 2.24) is 5.32 Å². The molecule has 2 N–H and O–H groups in total. The van der Waals surface area contributed by atoms with Crippen LogP contribution in [0.5, 0.6) is 11.5 Å². The number of fused-ring (bicyclic) bond motifs is 1. The van der Waals surface area contributed by atoms with E-state index in [0.29, 0.717) is 11.5 Å². The predicted molar refractivity (Wildman–Crippen MR) is 67.9 cm³/mol. The van der Waals surface area contributed by atoms with Crippen molar-refractivity contribution in [2.24, 2.45) is 0 Å². The van der Waals surface area contributed by atoms with Crippen LogP contribution in [0.4, 0.5) is 0 Å². The van der Waals surface area contributed by atoms with Crippen LogP contribution in [0.25, 0.3) is 0 Å². The second-order valence-corrected chi connectivity index (χ2v) is 4.35. The van der Waals surface area contributed by atoms with Gasteiger partial charge in [-0.25, -0.2) is 4.79 Å². The van der Waals surface area contributed by atoms with Crippen molar-refractivity contribution >= 4 is 23.5 Å². The normalized spacial score (nSPS) is 13.8. The Morgan fingerprint density at radius 2 is 2.25 bits per heavy atom. The number of benzene rings is 1. The van der Waals surface area contributed by atoms with Gasteiger partial charge in [0.05, 0.1) is 18.7 Å². The first kappa shape index (κ1) is 14.4. The number of halogens is 1. The summed E-state index contributed by atoms with van der Waals surface area (Å²) in [5.41, 5.74) is 0.233. The second-order valence-electron chi connectivity index (χ2n) is 3.94. The molecule has 8 heteroatoms. The molecule has 0 radical (unpaired) electrons. The van der Waals surface area contributed by atoms with Gasteiger partial charge in [0.15, 0.2) is 17.6 Å². The number of aliphatic hydroxyl groups excluding tert-OH is 1. The summed E-state index contributed by atoms with van der Waals surface area (Å²) in [6.45, 7) is -0.223. The summed E-state index contributed by atoms with van der Waals surface area (Å²) in [6.07, 6.45) is -1.42. The standard InChI is InChI=1S/C12H12ClNO6/c1-18-12(17)8(15)4-14-11(16)6-2-7(13)10-9(3-6)19-5-20-10/h2-3,8,15H,4-5H2,1H3,(H,14,16). The molecule has 0 saturated heterocycles. The van der Waals surface area contributed by atoms with E-state index in [1.54, 1.807) is 0 Å². The first-order valence-electron chi connectivity index (χ1n) is 5.66. The molecule has 0 saturated carbocycles. The molecule has 0 fully saturated rings. The number of esters is 1. The van der Waals surface area contributed by atoms with Gasteiger partial charge in [0.1, 0.15) is 0 Å². The quantitative estimate of drug-likeness (QED) is 0.779. The van der Waals surface area contributed by atoms with Gasteiger partial charge in [-0.1, -0.05) is 11.6 Å². The van der Waals surface area contributed by atoms with Gasteiger partial charge in [0.25, 0.3) is 5.91 Å². The van der Waals surface area contributed by atoms with Gasteiger partial charge in [-0.2, -0.15) is 0 Å². The van der Waals surface area contributed by atoms with E-state index in [1.807, 2.05) is 0 Å². The number of aliphatic hydroxyl groups is 1.